The minimum Gasteiger partial charge on any atom is -0.287 e. The van der Waals surface area contributed by atoms with Gasteiger partial charge in [-0.1, -0.05) is 72.6 Å². The van der Waals surface area contributed by atoms with Crippen LogP contribution in [0.25, 0.3) is 16.9 Å². The molecule has 0 N–H and O–H groups in total. The molecule has 25 heavy (non-hydrogen) atoms. The summed E-state index contributed by atoms with van der Waals surface area (Å²) < 4.78 is 2.19. The van der Waals surface area contributed by atoms with Gasteiger partial charge in [0, 0.05) is 17.0 Å². The van der Waals surface area contributed by atoms with E-state index in [1.165, 1.54) is 5.56 Å². The Hall–Kier alpha value is -1.42. The average molecular weight is 391 g/mol. The number of benzene rings is 2. The molecule has 5 heteroatoms. The molecule has 1 heterocycles. The van der Waals surface area contributed by atoms with E-state index < -0.39 is 0 Å². The van der Waals surface area contributed by atoms with E-state index in [-0.39, 0.29) is 0 Å². The van der Waals surface area contributed by atoms with Gasteiger partial charge in [0.1, 0.15) is 0 Å². The van der Waals surface area contributed by atoms with E-state index in [1.54, 1.807) is 11.8 Å². The molecule has 1 aromatic heterocycles. The third-order valence-electron chi connectivity index (χ3n) is 3.78. The van der Waals surface area contributed by atoms with E-state index in [9.17, 15) is 0 Å². The zero-order valence-corrected chi connectivity index (χ0v) is 16.8. The molecule has 0 fully saturated rings. The van der Waals surface area contributed by atoms with Gasteiger partial charge in [-0.05, 0) is 37.1 Å². The van der Waals surface area contributed by atoms with Gasteiger partial charge >= 0.3 is 0 Å². The molecule has 2 aromatic carbocycles. The number of imidazole rings is 1. The van der Waals surface area contributed by atoms with Crippen molar-refractivity contribution in [1.82, 2.24) is 9.55 Å². The molecule has 0 aliphatic carbocycles. The molecule has 0 saturated heterocycles. The van der Waals surface area contributed by atoms with Crippen LogP contribution in [0.1, 0.15) is 19.4 Å². The Morgan fingerprint density at radius 1 is 1.04 bits per heavy atom. The molecule has 2 nitrogen and oxygen atoms in total. The van der Waals surface area contributed by atoms with Gasteiger partial charge in [0.2, 0.25) is 0 Å². The molecule has 3 aromatic rings. The topological polar surface area (TPSA) is 17.8 Å². The van der Waals surface area contributed by atoms with Crippen molar-refractivity contribution >= 4 is 35.0 Å². The van der Waals surface area contributed by atoms with Crippen molar-refractivity contribution < 1.29 is 0 Å². The van der Waals surface area contributed by atoms with Crippen LogP contribution in [0.15, 0.2) is 53.8 Å². The predicted octanol–water partition coefficient (Wildman–Crippen LogP) is 6.90. The molecule has 130 valence electrons. The third kappa shape index (κ3) is 4.22. The summed E-state index contributed by atoms with van der Waals surface area (Å²) in [6, 6.07) is 14.2. The molecule has 0 aliphatic heterocycles. The molecular weight excluding hydrogens is 371 g/mol. The molecule has 0 amide bonds. The molecule has 0 bridgehead atoms. The van der Waals surface area contributed by atoms with E-state index in [0.29, 0.717) is 16.0 Å². The number of halogens is 2. The number of aryl methyl sites for hydroxylation is 1. The van der Waals surface area contributed by atoms with E-state index >= 15 is 0 Å². The minimum absolute atomic E-state index is 0.548. The maximum absolute atomic E-state index is 6.23. The molecular formula is C20H20Cl2N2S. The van der Waals surface area contributed by atoms with E-state index in [1.807, 2.05) is 24.4 Å². The molecule has 3 rings (SSSR count). The molecule has 0 radical (unpaired) electrons. The summed E-state index contributed by atoms with van der Waals surface area (Å²) >= 11 is 14.1. The maximum Gasteiger partial charge on any atom is 0.173 e. The van der Waals surface area contributed by atoms with Gasteiger partial charge in [0.25, 0.3) is 0 Å². The van der Waals surface area contributed by atoms with Crippen LogP contribution in [-0.2, 0) is 0 Å². The molecule has 0 unspecified atom stereocenters. The van der Waals surface area contributed by atoms with Crippen LogP contribution in [-0.4, -0.2) is 15.3 Å². The van der Waals surface area contributed by atoms with Crippen molar-refractivity contribution in [3.8, 4) is 16.9 Å². The largest absolute Gasteiger partial charge is 0.287 e. The Kier molecular flexibility index (Phi) is 5.78. The number of aromatic nitrogens is 2. The monoisotopic (exact) mass is 390 g/mol. The lowest BCUT2D eigenvalue weighted by molar-refractivity contribution is 0.746. The van der Waals surface area contributed by atoms with Gasteiger partial charge in [-0.3, -0.25) is 4.57 Å². The van der Waals surface area contributed by atoms with E-state index in [4.69, 9.17) is 23.2 Å². The van der Waals surface area contributed by atoms with Crippen LogP contribution in [0.5, 0.6) is 0 Å². The van der Waals surface area contributed by atoms with Crippen LogP contribution in [0, 0.1) is 12.8 Å². The van der Waals surface area contributed by atoms with Crippen molar-refractivity contribution in [2.75, 3.05) is 5.75 Å². The Morgan fingerprint density at radius 2 is 1.76 bits per heavy atom. The summed E-state index contributed by atoms with van der Waals surface area (Å²) in [6.45, 7) is 6.52. The fourth-order valence-corrected chi connectivity index (χ4v) is 3.72. The van der Waals surface area contributed by atoms with Crippen LogP contribution >= 0.6 is 35.0 Å². The number of thioether (sulfide) groups is 1. The van der Waals surface area contributed by atoms with Crippen LogP contribution in [0.4, 0.5) is 0 Å². The summed E-state index contributed by atoms with van der Waals surface area (Å²) in [4.78, 5) is 4.67. The quantitative estimate of drug-likeness (QED) is 0.440. The number of rotatable bonds is 5. The van der Waals surface area contributed by atoms with Crippen molar-refractivity contribution in [1.29, 1.82) is 0 Å². The second kappa shape index (κ2) is 7.86. The first-order chi connectivity index (χ1) is 12.0. The van der Waals surface area contributed by atoms with Crippen molar-refractivity contribution in [2.45, 2.75) is 25.9 Å². The lowest BCUT2D eigenvalue weighted by Crippen LogP contribution is -2.01. The van der Waals surface area contributed by atoms with Gasteiger partial charge in [-0.2, -0.15) is 0 Å². The summed E-state index contributed by atoms with van der Waals surface area (Å²) in [6.07, 6.45) is 1.90. The Morgan fingerprint density at radius 3 is 2.40 bits per heavy atom. The molecule has 0 aliphatic rings. The summed E-state index contributed by atoms with van der Waals surface area (Å²) in [5.41, 5.74) is 4.33. The first-order valence-corrected chi connectivity index (χ1v) is 9.93. The van der Waals surface area contributed by atoms with Gasteiger partial charge < -0.3 is 0 Å². The normalized spacial score (nSPS) is 11.3. The highest BCUT2D eigenvalue weighted by Crippen LogP contribution is 2.33. The summed E-state index contributed by atoms with van der Waals surface area (Å²) in [5.74, 6) is 1.62. The SMILES string of the molecule is Cc1ccc(-n2c(-c3ccc(Cl)c(Cl)c3)cnc2SCC(C)C)cc1. The van der Waals surface area contributed by atoms with Crippen LogP contribution in [0.2, 0.25) is 10.0 Å². The molecule has 0 atom stereocenters. The zero-order chi connectivity index (χ0) is 18.0. The van der Waals surface area contributed by atoms with Gasteiger partial charge in [-0.15, -0.1) is 0 Å². The molecule has 0 saturated carbocycles. The van der Waals surface area contributed by atoms with Crippen molar-refractivity contribution in [3.05, 3.63) is 64.3 Å². The second-order valence-electron chi connectivity index (χ2n) is 6.43. The average Bonchev–Trinajstić information content (AvgIpc) is 3.00. The zero-order valence-electron chi connectivity index (χ0n) is 14.5. The lowest BCUT2D eigenvalue weighted by atomic mass is 10.1. The first-order valence-electron chi connectivity index (χ1n) is 8.18. The smallest absolute Gasteiger partial charge is 0.173 e. The number of hydrogen-bond donors (Lipinski definition) is 0. The van der Waals surface area contributed by atoms with E-state index in [2.05, 4.69) is 54.6 Å². The highest BCUT2D eigenvalue weighted by molar-refractivity contribution is 7.99. The summed E-state index contributed by atoms with van der Waals surface area (Å²) in [5, 5.41) is 2.09. The number of hydrogen-bond acceptors (Lipinski definition) is 2. The fourth-order valence-electron chi connectivity index (χ4n) is 2.48. The minimum atomic E-state index is 0.548. The standard InChI is InChI=1S/C20H20Cl2N2S/c1-13(2)12-25-20-23-11-19(15-6-9-17(21)18(22)10-15)24(20)16-7-4-14(3)5-8-16/h4-11,13H,12H2,1-3H3. The number of nitrogens with zero attached hydrogens (tertiary/aromatic N) is 2. The van der Waals surface area contributed by atoms with Crippen LogP contribution in [0.3, 0.4) is 0 Å². The van der Waals surface area contributed by atoms with Crippen molar-refractivity contribution in [3.63, 3.8) is 0 Å². The van der Waals surface area contributed by atoms with Gasteiger partial charge in [0.05, 0.1) is 21.9 Å². The molecule has 0 spiro atoms. The second-order valence-corrected chi connectivity index (χ2v) is 8.23. The highest BCUT2D eigenvalue weighted by Gasteiger charge is 2.15. The van der Waals surface area contributed by atoms with Gasteiger partial charge in [-0.25, -0.2) is 4.98 Å². The van der Waals surface area contributed by atoms with Crippen molar-refractivity contribution in [2.24, 2.45) is 5.92 Å². The third-order valence-corrected chi connectivity index (χ3v) is 5.90. The van der Waals surface area contributed by atoms with E-state index in [0.717, 1.165) is 27.9 Å². The highest BCUT2D eigenvalue weighted by atomic mass is 35.5. The Bertz CT molecular complexity index is 870. The predicted molar refractivity (Wildman–Crippen MR) is 109 cm³/mol. The Labute approximate surface area is 163 Å². The van der Waals surface area contributed by atoms with Gasteiger partial charge in [0.15, 0.2) is 5.16 Å². The fraction of sp³-hybridized carbons (Fsp3) is 0.250. The first kappa shape index (κ1) is 18.4. The Balaban J connectivity index is 2.11. The summed E-state index contributed by atoms with van der Waals surface area (Å²) in [7, 11) is 0. The van der Waals surface area contributed by atoms with Crippen LogP contribution < -0.4 is 0 Å². The lowest BCUT2D eigenvalue weighted by Gasteiger charge is -2.13. The maximum atomic E-state index is 6.23.